The fourth-order valence-corrected chi connectivity index (χ4v) is 4.03. The molecule has 2 N–H and O–H groups in total. The van der Waals surface area contributed by atoms with Crippen LogP contribution >= 0.6 is 0 Å². The number of halogens is 1. The molecule has 2 fully saturated rings. The third-order valence-electron chi connectivity index (χ3n) is 5.61. The molecule has 0 bridgehead atoms. The first-order valence-electron chi connectivity index (χ1n) is 8.92. The molecule has 0 unspecified atom stereocenters. The van der Waals surface area contributed by atoms with Crippen LogP contribution in [-0.4, -0.2) is 46.2 Å². The lowest BCUT2D eigenvalue weighted by Gasteiger charge is -2.44. The maximum absolute atomic E-state index is 13.8. The van der Waals surface area contributed by atoms with Gasteiger partial charge in [-0.25, -0.2) is 4.39 Å². The number of benzene rings is 1. The zero-order valence-corrected chi connectivity index (χ0v) is 14.3. The van der Waals surface area contributed by atoms with Crippen LogP contribution in [-0.2, 0) is 14.9 Å². The monoisotopic (exact) mass is 359 g/mol. The van der Waals surface area contributed by atoms with Crippen LogP contribution in [0, 0.1) is 5.82 Å². The van der Waals surface area contributed by atoms with Gasteiger partial charge in [-0.3, -0.25) is 9.48 Å². The average molecular weight is 359 g/mol. The van der Waals surface area contributed by atoms with E-state index in [-0.39, 0.29) is 23.8 Å². The third-order valence-corrected chi connectivity index (χ3v) is 5.61. The highest BCUT2D eigenvalue weighted by Gasteiger charge is 2.47. The first kappa shape index (κ1) is 17.2. The average Bonchev–Trinajstić information content (AvgIpc) is 3.15. The fraction of sp³-hybridized carbons (Fsp3) is 0.474. The van der Waals surface area contributed by atoms with E-state index in [4.69, 9.17) is 4.74 Å². The lowest BCUT2D eigenvalue weighted by molar-refractivity contribution is -0.134. The third kappa shape index (κ3) is 2.91. The molecule has 2 aliphatic rings. The predicted octanol–water partition coefficient (Wildman–Crippen LogP) is 1.56. The molecule has 2 aromatic rings. The van der Waals surface area contributed by atoms with E-state index >= 15 is 0 Å². The molecule has 6 nitrogen and oxygen atoms in total. The maximum atomic E-state index is 13.8. The largest absolute Gasteiger partial charge is 0.391 e. The van der Waals surface area contributed by atoms with Gasteiger partial charge in [-0.05, 0) is 43.0 Å². The molecule has 0 radical (unpaired) electrons. The smallest absolute Gasteiger partial charge is 0.231 e. The van der Waals surface area contributed by atoms with E-state index in [0.29, 0.717) is 38.0 Å². The highest BCUT2D eigenvalue weighted by atomic mass is 19.1. The van der Waals surface area contributed by atoms with Crippen molar-refractivity contribution in [3.05, 3.63) is 54.1 Å². The summed E-state index contributed by atoms with van der Waals surface area (Å²) in [6.07, 6.45) is 4.37. The van der Waals surface area contributed by atoms with Gasteiger partial charge in [0, 0.05) is 25.6 Å². The Labute approximate surface area is 151 Å². The summed E-state index contributed by atoms with van der Waals surface area (Å²) in [4.78, 5) is 13.3. The minimum atomic E-state index is -0.810. The Morgan fingerprint density at radius 3 is 2.81 bits per heavy atom. The zero-order chi connectivity index (χ0) is 18.1. The maximum Gasteiger partial charge on any atom is 0.231 e. The Bertz CT molecular complexity index is 774. The molecule has 1 saturated carbocycles. The van der Waals surface area contributed by atoms with E-state index in [1.807, 2.05) is 0 Å². The number of hydrogen-bond acceptors (Lipinski definition) is 4. The molecule has 1 aromatic carbocycles. The Hall–Kier alpha value is -2.25. The minimum Gasteiger partial charge on any atom is -0.391 e. The standard InChI is InChI=1S/C19H22FN3O3/c20-14-4-1-3-13(11-14)19(5-9-26-10-6-19)18(25)22-15-12-16(24)17(15)23-8-2-7-21-23/h1-4,7-8,11,15-17,24H,5-6,9-10,12H2,(H,22,25)/t15-,16+,17+/m0/s1. The molecule has 2 heterocycles. The normalized spacial score (nSPS) is 27.5. The summed E-state index contributed by atoms with van der Waals surface area (Å²) < 4.78 is 20.9. The van der Waals surface area contributed by atoms with Gasteiger partial charge in [0.1, 0.15) is 5.82 Å². The van der Waals surface area contributed by atoms with E-state index < -0.39 is 11.5 Å². The van der Waals surface area contributed by atoms with Crippen molar-refractivity contribution in [2.24, 2.45) is 0 Å². The molecule has 0 spiro atoms. The molecule has 1 aliphatic carbocycles. The molecule has 26 heavy (non-hydrogen) atoms. The van der Waals surface area contributed by atoms with Gasteiger partial charge in [-0.15, -0.1) is 0 Å². The zero-order valence-electron chi connectivity index (χ0n) is 14.3. The lowest BCUT2D eigenvalue weighted by Crippen LogP contribution is -2.60. The Morgan fingerprint density at radius 2 is 2.15 bits per heavy atom. The molecule has 1 aliphatic heterocycles. The second-order valence-corrected chi connectivity index (χ2v) is 7.06. The number of carbonyl (C=O) groups is 1. The van der Waals surface area contributed by atoms with Crippen molar-refractivity contribution in [2.45, 2.75) is 42.9 Å². The molecular formula is C19H22FN3O3. The van der Waals surface area contributed by atoms with Crippen molar-refractivity contribution in [1.29, 1.82) is 0 Å². The summed E-state index contributed by atoms with van der Waals surface area (Å²) in [6.45, 7) is 0.916. The summed E-state index contributed by atoms with van der Waals surface area (Å²) in [5.41, 5.74) is -0.135. The number of nitrogens with zero attached hydrogens (tertiary/aromatic N) is 2. The number of aliphatic hydroxyl groups is 1. The molecule has 4 rings (SSSR count). The van der Waals surface area contributed by atoms with Gasteiger partial charge in [-0.2, -0.15) is 5.10 Å². The number of hydrogen-bond donors (Lipinski definition) is 2. The quantitative estimate of drug-likeness (QED) is 0.869. The second-order valence-electron chi connectivity index (χ2n) is 7.06. The van der Waals surface area contributed by atoms with Crippen LogP contribution in [0.25, 0.3) is 0 Å². The van der Waals surface area contributed by atoms with Crippen LogP contribution in [0.15, 0.2) is 42.7 Å². The number of nitrogens with one attached hydrogen (secondary N) is 1. The predicted molar refractivity (Wildman–Crippen MR) is 91.9 cm³/mol. The van der Waals surface area contributed by atoms with Crippen molar-refractivity contribution >= 4 is 5.91 Å². The van der Waals surface area contributed by atoms with Gasteiger partial charge in [0.25, 0.3) is 0 Å². The van der Waals surface area contributed by atoms with E-state index in [2.05, 4.69) is 10.4 Å². The second kappa shape index (κ2) is 6.81. The van der Waals surface area contributed by atoms with E-state index in [9.17, 15) is 14.3 Å². The van der Waals surface area contributed by atoms with Gasteiger partial charge in [0.05, 0.1) is 23.6 Å². The molecule has 7 heteroatoms. The molecule has 138 valence electrons. The van der Waals surface area contributed by atoms with Crippen LogP contribution < -0.4 is 5.32 Å². The van der Waals surface area contributed by atoms with Gasteiger partial charge in [0.2, 0.25) is 5.91 Å². The number of aliphatic hydroxyl groups excluding tert-OH is 1. The number of carbonyl (C=O) groups excluding carboxylic acids is 1. The van der Waals surface area contributed by atoms with Gasteiger partial charge < -0.3 is 15.2 Å². The Morgan fingerprint density at radius 1 is 1.35 bits per heavy atom. The fourth-order valence-electron chi connectivity index (χ4n) is 4.03. The Balaban J connectivity index is 1.58. The van der Waals surface area contributed by atoms with Crippen molar-refractivity contribution in [3.8, 4) is 0 Å². The topological polar surface area (TPSA) is 76.4 Å². The van der Waals surface area contributed by atoms with Crippen LogP contribution in [0.3, 0.4) is 0 Å². The van der Waals surface area contributed by atoms with Crippen LogP contribution in [0.5, 0.6) is 0 Å². The van der Waals surface area contributed by atoms with Gasteiger partial charge >= 0.3 is 0 Å². The molecular weight excluding hydrogens is 337 g/mol. The van der Waals surface area contributed by atoms with E-state index in [1.165, 1.54) is 12.1 Å². The van der Waals surface area contributed by atoms with Crippen LogP contribution in [0.4, 0.5) is 4.39 Å². The summed E-state index contributed by atoms with van der Waals surface area (Å²) in [5, 5.41) is 17.4. The van der Waals surface area contributed by atoms with Crippen LogP contribution in [0.2, 0.25) is 0 Å². The summed E-state index contributed by atoms with van der Waals surface area (Å²) in [7, 11) is 0. The number of rotatable bonds is 4. The Kier molecular flexibility index (Phi) is 4.50. The first-order valence-corrected chi connectivity index (χ1v) is 8.92. The van der Waals surface area contributed by atoms with Gasteiger partial charge in [0.15, 0.2) is 0 Å². The molecule has 1 amide bonds. The number of ether oxygens (including phenoxy) is 1. The SMILES string of the molecule is O=C(N[C@H]1C[C@@H](O)[C@@H]1n1cccn1)C1(c2cccc(F)c2)CCOCC1. The molecule has 3 atom stereocenters. The van der Waals surface area contributed by atoms with Crippen molar-refractivity contribution < 1.29 is 19.0 Å². The summed E-state index contributed by atoms with van der Waals surface area (Å²) in [5.74, 6) is -0.491. The lowest BCUT2D eigenvalue weighted by atomic mass is 9.72. The van der Waals surface area contributed by atoms with Gasteiger partial charge in [-0.1, -0.05) is 12.1 Å². The summed E-state index contributed by atoms with van der Waals surface area (Å²) >= 11 is 0. The number of amides is 1. The first-order chi connectivity index (χ1) is 12.6. The molecule has 1 saturated heterocycles. The highest BCUT2D eigenvalue weighted by molar-refractivity contribution is 5.88. The van der Waals surface area contributed by atoms with Crippen molar-refractivity contribution in [3.63, 3.8) is 0 Å². The molecule has 1 aromatic heterocycles. The summed E-state index contributed by atoms with van der Waals surface area (Å²) in [6, 6.07) is 7.56. The van der Waals surface area contributed by atoms with E-state index in [1.54, 1.807) is 35.3 Å². The van der Waals surface area contributed by atoms with E-state index in [0.717, 1.165) is 0 Å². The van der Waals surface area contributed by atoms with Crippen LogP contribution in [0.1, 0.15) is 30.9 Å². The van der Waals surface area contributed by atoms with Crippen molar-refractivity contribution in [2.75, 3.05) is 13.2 Å². The number of aromatic nitrogens is 2. The highest BCUT2D eigenvalue weighted by Crippen LogP contribution is 2.38. The minimum absolute atomic E-state index is 0.138. The van der Waals surface area contributed by atoms with Crippen molar-refractivity contribution in [1.82, 2.24) is 15.1 Å².